The second-order valence-electron chi connectivity index (χ2n) is 4.72. The Hall–Kier alpha value is -1.77. The molecular formula is C16H22N2O. The van der Waals surface area contributed by atoms with Gasteiger partial charge < -0.3 is 10.1 Å². The van der Waals surface area contributed by atoms with E-state index in [1.54, 1.807) is 7.11 Å². The third-order valence-electron chi connectivity index (χ3n) is 3.14. The van der Waals surface area contributed by atoms with Crippen LogP contribution in [0, 0.1) is 0 Å². The molecule has 2 rings (SSSR count). The number of fused-ring (bicyclic) bond motifs is 1. The largest absolute Gasteiger partial charge is 0.497 e. The summed E-state index contributed by atoms with van der Waals surface area (Å²) in [4.78, 5) is 4.71. The van der Waals surface area contributed by atoms with Crippen molar-refractivity contribution < 1.29 is 4.74 Å². The fourth-order valence-electron chi connectivity index (χ4n) is 2.18. The molecule has 3 nitrogen and oxygen atoms in total. The Morgan fingerprint density at radius 1 is 1.16 bits per heavy atom. The Kier molecular flexibility index (Phi) is 4.61. The molecular weight excluding hydrogens is 236 g/mol. The van der Waals surface area contributed by atoms with E-state index in [9.17, 15) is 0 Å². The van der Waals surface area contributed by atoms with Gasteiger partial charge in [0.2, 0.25) is 0 Å². The maximum Gasteiger partial charge on any atom is 0.119 e. The average Bonchev–Trinajstić information content (AvgIpc) is 2.44. The first-order chi connectivity index (χ1) is 9.28. The summed E-state index contributed by atoms with van der Waals surface area (Å²) in [7, 11) is 1.69. The molecule has 0 aliphatic rings. The minimum Gasteiger partial charge on any atom is -0.497 e. The minimum absolute atomic E-state index is 0.872. The van der Waals surface area contributed by atoms with Gasteiger partial charge in [-0.05, 0) is 37.1 Å². The van der Waals surface area contributed by atoms with Crippen molar-refractivity contribution in [1.29, 1.82) is 0 Å². The summed E-state index contributed by atoms with van der Waals surface area (Å²) >= 11 is 0. The zero-order valence-corrected chi connectivity index (χ0v) is 12.0. The van der Waals surface area contributed by atoms with Crippen molar-refractivity contribution in [1.82, 2.24) is 4.98 Å². The Labute approximate surface area is 115 Å². The molecule has 0 saturated heterocycles. The first kappa shape index (κ1) is 13.7. The summed E-state index contributed by atoms with van der Waals surface area (Å²) in [6.45, 7) is 5.32. The van der Waals surface area contributed by atoms with Crippen LogP contribution in [0.4, 0.5) is 5.69 Å². The molecule has 102 valence electrons. The van der Waals surface area contributed by atoms with Crippen LogP contribution in [-0.2, 0) is 6.42 Å². The van der Waals surface area contributed by atoms with Crippen molar-refractivity contribution >= 4 is 16.6 Å². The van der Waals surface area contributed by atoms with Gasteiger partial charge in [-0.15, -0.1) is 0 Å². The van der Waals surface area contributed by atoms with Crippen LogP contribution in [0.3, 0.4) is 0 Å². The molecule has 0 unspecified atom stereocenters. The van der Waals surface area contributed by atoms with Crippen LogP contribution in [0.5, 0.6) is 5.75 Å². The van der Waals surface area contributed by atoms with Crippen LogP contribution in [0.1, 0.15) is 32.4 Å². The number of benzene rings is 1. The fourth-order valence-corrected chi connectivity index (χ4v) is 2.18. The van der Waals surface area contributed by atoms with Crippen LogP contribution in [0.15, 0.2) is 24.3 Å². The molecule has 0 fully saturated rings. The van der Waals surface area contributed by atoms with Gasteiger partial charge in [-0.25, -0.2) is 0 Å². The summed E-state index contributed by atoms with van der Waals surface area (Å²) in [5, 5.41) is 4.62. The topological polar surface area (TPSA) is 34.2 Å². The van der Waals surface area contributed by atoms with E-state index in [0.29, 0.717) is 0 Å². The second kappa shape index (κ2) is 6.41. The highest BCUT2D eigenvalue weighted by Crippen LogP contribution is 2.27. The summed E-state index contributed by atoms with van der Waals surface area (Å²) in [6, 6.07) is 8.22. The van der Waals surface area contributed by atoms with E-state index in [4.69, 9.17) is 9.72 Å². The number of anilines is 1. The van der Waals surface area contributed by atoms with Crippen molar-refractivity contribution in [2.24, 2.45) is 0 Å². The number of aromatic nitrogens is 1. The van der Waals surface area contributed by atoms with Gasteiger partial charge in [0.1, 0.15) is 5.75 Å². The maximum absolute atomic E-state index is 5.30. The van der Waals surface area contributed by atoms with Gasteiger partial charge >= 0.3 is 0 Å². The third kappa shape index (κ3) is 3.16. The molecule has 2 aromatic rings. The first-order valence-electron chi connectivity index (χ1n) is 7.00. The lowest BCUT2D eigenvalue weighted by Gasteiger charge is -2.12. The number of methoxy groups -OCH3 is 1. The summed E-state index contributed by atoms with van der Waals surface area (Å²) in [6.07, 6.45) is 3.24. The third-order valence-corrected chi connectivity index (χ3v) is 3.14. The molecule has 0 amide bonds. The standard InChI is InChI=1S/C16H22N2O/c1-4-6-12-10-16(17-9-5-2)14-11-13(19-3)7-8-15(14)18-12/h7-8,10-11H,4-6,9H2,1-3H3,(H,17,18). The monoisotopic (exact) mass is 258 g/mol. The zero-order chi connectivity index (χ0) is 13.7. The minimum atomic E-state index is 0.872. The van der Waals surface area contributed by atoms with Crippen LogP contribution < -0.4 is 10.1 Å². The zero-order valence-electron chi connectivity index (χ0n) is 12.0. The number of nitrogens with zero attached hydrogens (tertiary/aromatic N) is 1. The highest BCUT2D eigenvalue weighted by atomic mass is 16.5. The van der Waals surface area contributed by atoms with Crippen LogP contribution in [0.25, 0.3) is 10.9 Å². The van der Waals surface area contributed by atoms with Crippen molar-refractivity contribution in [2.75, 3.05) is 19.0 Å². The molecule has 0 radical (unpaired) electrons. The highest BCUT2D eigenvalue weighted by molar-refractivity contribution is 5.92. The van der Waals surface area contributed by atoms with Crippen LogP contribution in [0.2, 0.25) is 0 Å². The first-order valence-corrected chi connectivity index (χ1v) is 7.00. The number of hydrogen-bond acceptors (Lipinski definition) is 3. The predicted octanol–water partition coefficient (Wildman–Crippen LogP) is 4.02. The summed E-state index contributed by atoms with van der Waals surface area (Å²) < 4.78 is 5.30. The van der Waals surface area contributed by atoms with Crippen LogP contribution in [-0.4, -0.2) is 18.6 Å². The SMILES string of the molecule is CCCNc1cc(CCC)nc2ccc(OC)cc12. The van der Waals surface area contributed by atoms with Gasteiger partial charge in [-0.1, -0.05) is 20.3 Å². The van der Waals surface area contributed by atoms with Crippen molar-refractivity contribution in [3.63, 3.8) is 0 Å². The molecule has 0 atom stereocenters. The second-order valence-corrected chi connectivity index (χ2v) is 4.72. The lowest BCUT2D eigenvalue weighted by atomic mass is 10.1. The lowest BCUT2D eigenvalue weighted by molar-refractivity contribution is 0.415. The Morgan fingerprint density at radius 2 is 2.00 bits per heavy atom. The molecule has 1 aromatic carbocycles. The van der Waals surface area contributed by atoms with E-state index >= 15 is 0 Å². The van der Waals surface area contributed by atoms with Gasteiger partial charge in [-0.2, -0.15) is 0 Å². The van der Waals surface area contributed by atoms with Crippen molar-refractivity contribution in [2.45, 2.75) is 33.1 Å². The Balaban J connectivity index is 2.50. The van der Waals surface area contributed by atoms with Gasteiger partial charge in [-0.3, -0.25) is 4.98 Å². The van der Waals surface area contributed by atoms with Gasteiger partial charge in [0.05, 0.1) is 12.6 Å². The Bertz CT molecular complexity index is 552. The molecule has 3 heteroatoms. The molecule has 0 aliphatic heterocycles. The molecule has 1 aromatic heterocycles. The number of aryl methyl sites for hydroxylation is 1. The van der Waals surface area contributed by atoms with E-state index in [-0.39, 0.29) is 0 Å². The maximum atomic E-state index is 5.30. The molecule has 0 bridgehead atoms. The molecule has 0 spiro atoms. The number of rotatable bonds is 6. The molecule has 19 heavy (non-hydrogen) atoms. The normalized spacial score (nSPS) is 10.7. The van der Waals surface area contributed by atoms with Gasteiger partial charge in [0, 0.05) is 23.3 Å². The molecule has 1 N–H and O–H groups in total. The van der Waals surface area contributed by atoms with E-state index in [2.05, 4.69) is 31.3 Å². The number of hydrogen-bond donors (Lipinski definition) is 1. The van der Waals surface area contributed by atoms with Crippen molar-refractivity contribution in [3.8, 4) is 5.75 Å². The average molecular weight is 258 g/mol. The smallest absolute Gasteiger partial charge is 0.119 e. The lowest BCUT2D eigenvalue weighted by Crippen LogP contribution is -2.03. The number of nitrogens with one attached hydrogen (secondary N) is 1. The van der Waals surface area contributed by atoms with Crippen LogP contribution >= 0.6 is 0 Å². The van der Waals surface area contributed by atoms with E-state index < -0.39 is 0 Å². The van der Waals surface area contributed by atoms with E-state index in [0.717, 1.165) is 53.8 Å². The van der Waals surface area contributed by atoms with E-state index in [1.165, 1.54) is 0 Å². The highest BCUT2D eigenvalue weighted by Gasteiger charge is 2.06. The predicted molar refractivity (Wildman–Crippen MR) is 81.1 cm³/mol. The van der Waals surface area contributed by atoms with Gasteiger partial charge in [0.25, 0.3) is 0 Å². The van der Waals surface area contributed by atoms with Crippen molar-refractivity contribution in [3.05, 3.63) is 30.0 Å². The number of ether oxygens (including phenoxy) is 1. The van der Waals surface area contributed by atoms with E-state index in [1.807, 2.05) is 12.1 Å². The fraction of sp³-hybridized carbons (Fsp3) is 0.438. The Morgan fingerprint density at radius 3 is 2.68 bits per heavy atom. The quantitative estimate of drug-likeness (QED) is 0.849. The van der Waals surface area contributed by atoms with Gasteiger partial charge in [0.15, 0.2) is 0 Å². The molecule has 0 saturated carbocycles. The number of pyridine rings is 1. The summed E-state index contributed by atoms with van der Waals surface area (Å²) in [5.74, 6) is 0.872. The molecule has 0 aliphatic carbocycles. The summed E-state index contributed by atoms with van der Waals surface area (Å²) in [5.41, 5.74) is 3.35. The molecule has 1 heterocycles.